The topological polar surface area (TPSA) is 68.0 Å². The van der Waals surface area contributed by atoms with Crippen LogP contribution in [0.1, 0.15) is 19.8 Å². The molecule has 0 aromatic carbocycles. The number of piperidine rings is 1. The van der Waals surface area contributed by atoms with E-state index in [-0.39, 0.29) is 12.7 Å². The quantitative estimate of drug-likeness (QED) is 0.622. The average Bonchev–Trinajstić information content (AvgIpc) is 2.37. The number of nitrogens with zero attached hydrogens (tertiary/aromatic N) is 1. The van der Waals surface area contributed by atoms with E-state index in [1.807, 2.05) is 6.92 Å². The van der Waals surface area contributed by atoms with Crippen LogP contribution in [0.15, 0.2) is 0 Å². The fourth-order valence-electron chi connectivity index (χ4n) is 2.20. The second-order valence-corrected chi connectivity index (χ2v) is 4.41. The van der Waals surface area contributed by atoms with Gasteiger partial charge in [-0.3, -0.25) is 0 Å². The van der Waals surface area contributed by atoms with Gasteiger partial charge >= 0.3 is 0 Å². The van der Waals surface area contributed by atoms with Crippen LogP contribution in [-0.2, 0) is 9.47 Å². The van der Waals surface area contributed by atoms with Crippen molar-refractivity contribution < 1.29 is 14.6 Å². The molecule has 0 aliphatic carbocycles. The number of aliphatic hydroxyl groups is 1. The molecule has 0 spiro atoms. The molecular weight excluding hydrogens is 220 g/mol. The molecular formula is C12H26N2O3. The molecule has 3 N–H and O–H groups in total. The predicted octanol–water partition coefficient (Wildman–Crippen LogP) is -0.176. The summed E-state index contributed by atoms with van der Waals surface area (Å²) in [6.45, 7) is 6.83. The molecule has 0 amide bonds. The van der Waals surface area contributed by atoms with Gasteiger partial charge in [-0.1, -0.05) is 0 Å². The maximum atomic E-state index is 8.69. The lowest BCUT2D eigenvalue weighted by atomic mass is 10.1. The normalized spacial score (nSPS) is 20.6. The lowest BCUT2D eigenvalue weighted by molar-refractivity contribution is -0.0216. The van der Waals surface area contributed by atoms with Crippen LogP contribution in [0, 0.1) is 0 Å². The van der Waals surface area contributed by atoms with Gasteiger partial charge in [0.15, 0.2) is 0 Å². The smallest absolute Gasteiger partial charge is 0.0823 e. The monoisotopic (exact) mass is 246 g/mol. The number of rotatable bonds is 8. The number of ether oxygens (including phenoxy) is 2. The Balaban J connectivity index is 2.17. The summed E-state index contributed by atoms with van der Waals surface area (Å²) in [5.74, 6) is 0. The molecule has 0 radical (unpaired) electrons. The molecule has 1 rings (SSSR count). The third-order valence-corrected chi connectivity index (χ3v) is 3.11. The summed E-state index contributed by atoms with van der Waals surface area (Å²) in [6.07, 6.45) is 2.52. The number of aliphatic hydroxyl groups excluding tert-OH is 1. The molecule has 0 saturated carbocycles. The van der Waals surface area contributed by atoms with Crippen molar-refractivity contribution in [2.24, 2.45) is 5.73 Å². The molecule has 1 aliphatic heterocycles. The van der Waals surface area contributed by atoms with Crippen molar-refractivity contribution >= 4 is 0 Å². The van der Waals surface area contributed by atoms with E-state index in [9.17, 15) is 0 Å². The molecule has 0 bridgehead atoms. The first-order chi connectivity index (χ1) is 8.30. The fourth-order valence-corrected chi connectivity index (χ4v) is 2.20. The minimum Gasteiger partial charge on any atom is -0.394 e. The highest BCUT2D eigenvalue weighted by Crippen LogP contribution is 2.14. The van der Waals surface area contributed by atoms with E-state index in [0.717, 1.165) is 39.1 Å². The fraction of sp³-hybridized carbons (Fsp3) is 1.00. The summed E-state index contributed by atoms with van der Waals surface area (Å²) >= 11 is 0. The Morgan fingerprint density at radius 2 is 2.12 bits per heavy atom. The van der Waals surface area contributed by atoms with Crippen LogP contribution in [0.25, 0.3) is 0 Å². The average molecular weight is 246 g/mol. The van der Waals surface area contributed by atoms with Crippen molar-refractivity contribution in [2.45, 2.75) is 32.0 Å². The molecule has 1 saturated heterocycles. The van der Waals surface area contributed by atoms with Crippen LogP contribution < -0.4 is 5.73 Å². The van der Waals surface area contributed by atoms with Gasteiger partial charge in [0.05, 0.1) is 25.4 Å². The lowest BCUT2D eigenvalue weighted by Crippen LogP contribution is -2.44. The van der Waals surface area contributed by atoms with Crippen LogP contribution in [0.4, 0.5) is 0 Å². The highest BCUT2D eigenvalue weighted by molar-refractivity contribution is 4.75. The number of hydrogen-bond donors (Lipinski definition) is 2. The standard InChI is InChI=1S/C12H26N2O3/c1-2-16-12(9-13)10-14-5-3-11(4-6-14)17-8-7-15/h11-12,15H,2-10,13H2,1H3. The van der Waals surface area contributed by atoms with Gasteiger partial charge in [0, 0.05) is 32.8 Å². The number of hydrogen-bond acceptors (Lipinski definition) is 5. The zero-order valence-corrected chi connectivity index (χ0v) is 10.8. The molecule has 5 nitrogen and oxygen atoms in total. The van der Waals surface area contributed by atoms with Gasteiger partial charge in [-0.15, -0.1) is 0 Å². The number of likely N-dealkylation sites (tertiary alicyclic amines) is 1. The van der Waals surface area contributed by atoms with E-state index in [1.165, 1.54) is 0 Å². The second-order valence-electron chi connectivity index (χ2n) is 4.41. The Hall–Kier alpha value is -0.200. The van der Waals surface area contributed by atoms with Crippen LogP contribution >= 0.6 is 0 Å². The van der Waals surface area contributed by atoms with E-state index in [2.05, 4.69) is 4.90 Å². The van der Waals surface area contributed by atoms with E-state index < -0.39 is 0 Å². The molecule has 1 atom stereocenters. The summed E-state index contributed by atoms with van der Waals surface area (Å²) < 4.78 is 11.1. The maximum Gasteiger partial charge on any atom is 0.0823 e. The first kappa shape index (κ1) is 14.9. The van der Waals surface area contributed by atoms with E-state index in [4.69, 9.17) is 20.3 Å². The Bertz CT molecular complexity index is 185. The van der Waals surface area contributed by atoms with Crippen LogP contribution in [0.3, 0.4) is 0 Å². The van der Waals surface area contributed by atoms with Gasteiger partial charge in [0.25, 0.3) is 0 Å². The zero-order valence-electron chi connectivity index (χ0n) is 10.8. The Kier molecular flexibility index (Phi) is 7.72. The van der Waals surface area contributed by atoms with Crippen molar-refractivity contribution in [3.63, 3.8) is 0 Å². The summed E-state index contributed by atoms with van der Waals surface area (Å²) in [5.41, 5.74) is 5.66. The molecule has 0 aromatic rings. The van der Waals surface area contributed by atoms with Crippen molar-refractivity contribution in [3.05, 3.63) is 0 Å². The maximum absolute atomic E-state index is 8.69. The van der Waals surface area contributed by atoms with Crippen molar-refractivity contribution in [2.75, 3.05) is 46.0 Å². The van der Waals surface area contributed by atoms with Crippen molar-refractivity contribution in [1.82, 2.24) is 4.90 Å². The van der Waals surface area contributed by atoms with Gasteiger partial charge in [-0.2, -0.15) is 0 Å². The summed E-state index contributed by atoms with van der Waals surface area (Å²) in [6, 6.07) is 0. The molecule has 1 aliphatic rings. The van der Waals surface area contributed by atoms with Gasteiger partial charge in [-0.05, 0) is 19.8 Å². The zero-order chi connectivity index (χ0) is 12.5. The molecule has 1 fully saturated rings. The summed E-state index contributed by atoms with van der Waals surface area (Å²) in [7, 11) is 0. The molecule has 0 aromatic heterocycles. The highest BCUT2D eigenvalue weighted by Gasteiger charge is 2.21. The predicted molar refractivity (Wildman–Crippen MR) is 67.0 cm³/mol. The van der Waals surface area contributed by atoms with E-state index >= 15 is 0 Å². The molecule has 102 valence electrons. The van der Waals surface area contributed by atoms with Crippen LogP contribution in [0.5, 0.6) is 0 Å². The van der Waals surface area contributed by atoms with Gasteiger partial charge in [0.1, 0.15) is 0 Å². The highest BCUT2D eigenvalue weighted by atomic mass is 16.5. The van der Waals surface area contributed by atoms with Crippen molar-refractivity contribution in [3.8, 4) is 0 Å². The number of nitrogens with two attached hydrogens (primary N) is 1. The minimum atomic E-state index is 0.111. The first-order valence-corrected chi connectivity index (χ1v) is 6.56. The summed E-state index contributed by atoms with van der Waals surface area (Å²) in [4.78, 5) is 2.38. The lowest BCUT2D eigenvalue weighted by Gasteiger charge is -2.33. The third kappa shape index (κ3) is 5.79. The van der Waals surface area contributed by atoms with E-state index in [1.54, 1.807) is 0 Å². The third-order valence-electron chi connectivity index (χ3n) is 3.11. The van der Waals surface area contributed by atoms with Gasteiger partial charge < -0.3 is 25.2 Å². The van der Waals surface area contributed by atoms with Gasteiger partial charge in [0.2, 0.25) is 0 Å². The largest absolute Gasteiger partial charge is 0.394 e. The molecule has 17 heavy (non-hydrogen) atoms. The minimum absolute atomic E-state index is 0.111. The molecule has 1 unspecified atom stereocenters. The Labute approximate surface area is 104 Å². The Morgan fingerprint density at radius 1 is 1.41 bits per heavy atom. The Morgan fingerprint density at radius 3 is 2.65 bits per heavy atom. The van der Waals surface area contributed by atoms with Crippen LogP contribution in [-0.4, -0.2) is 68.2 Å². The van der Waals surface area contributed by atoms with E-state index in [0.29, 0.717) is 19.3 Å². The van der Waals surface area contributed by atoms with Gasteiger partial charge in [-0.25, -0.2) is 0 Å². The second kappa shape index (κ2) is 8.83. The molecule has 1 heterocycles. The SMILES string of the molecule is CCOC(CN)CN1CCC(OCCO)CC1. The van der Waals surface area contributed by atoms with Crippen molar-refractivity contribution in [1.29, 1.82) is 0 Å². The first-order valence-electron chi connectivity index (χ1n) is 6.56. The van der Waals surface area contributed by atoms with Crippen LogP contribution in [0.2, 0.25) is 0 Å². The summed E-state index contributed by atoms with van der Waals surface area (Å²) in [5, 5.41) is 8.69. The molecule has 5 heteroatoms.